The van der Waals surface area contributed by atoms with Crippen molar-refractivity contribution < 1.29 is 43.9 Å². The fraction of sp³-hybridized carbons (Fsp3) is 0.833. The van der Waals surface area contributed by atoms with Gasteiger partial charge in [-0.15, -0.1) is 0 Å². The molecule has 0 aromatic heterocycles. The standard InChI is InChI=1S/C12H20FNO8/c1-5(16)14-9-6(17)3-12(20,11(19)21-2)22-10(9)8(13)7(18)4-15/h6-10,15,17-18,20H,3-4H2,1-2H3,(H,14,16)/t6-,7+,8+,9+,10-,12-/m0/s1. The van der Waals surface area contributed by atoms with Crippen molar-refractivity contribution in [1.29, 1.82) is 0 Å². The maximum absolute atomic E-state index is 14.2. The van der Waals surface area contributed by atoms with Crippen LogP contribution in [-0.4, -0.2) is 82.3 Å². The number of methoxy groups -OCH3 is 1. The van der Waals surface area contributed by atoms with Gasteiger partial charge >= 0.3 is 5.97 Å². The van der Waals surface area contributed by atoms with E-state index in [1.807, 2.05) is 0 Å². The Morgan fingerprint density at radius 2 is 2.14 bits per heavy atom. The zero-order chi connectivity index (χ0) is 17.1. The Kier molecular flexibility index (Phi) is 6.20. The van der Waals surface area contributed by atoms with E-state index in [0.717, 1.165) is 14.0 Å². The molecular weight excluding hydrogens is 305 g/mol. The molecule has 1 heterocycles. The highest BCUT2D eigenvalue weighted by Crippen LogP contribution is 2.32. The quantitative estimate of drug-likeness (QED) is 0.341. The third-order valence-corrected chi connectivity index (χ3v) is 3.33. The molecule has 0 unspecified atom stereocenters. The number of ether oxygens (including phenoxy) is 2. The lowest BCUT2D eigenvalue weighted by molar-refractivity contribution is -0.290. The van der Waals surface area contributed by atoms with Gasteiger partial charge in [-0.25, -0.2) is 9.18 Å². The van der Waals surface area contributed by atoms with E-state index in [4.69, 9.17) is 9.84 Å². The van der Waals surface area contributed by atoms with E-state index < -0.39 is 61.2 Å². The highest BCUT2D eigenvalue weighted by molar-refractivity contribution is 5.78. The summed E-state index contributed by atoms with van der Waals surface area (Å²) in [6.45, 7) is 0.154. The van der Waals surface area contributed by atoms with Crippen LogP contribution in [-0.2, 0) is 19.1 Å². The van der Waals surface area contributed by atoms with Crippen LogP contribution in [0.2, 0.25) is 0 Å². The molecule has 1 aliphatic rings. The highest BCUT2D eigenvalue weighted by Gasteiger charge is 2.54. The van der Waals surface area contributed by atoms with Gasteiger partial charge in [-0.1, -0.05) is 0 Å². The van der Waals surface area contributed by atoms with Crippen molar-refractivity contribution in [2.45, 2.75) is 49.7 Å². The first-order valence-corrected chi connectivity index (χ1v) is 6.53. The Balaban J connectivity index is 3.09. The number of halogens is 1. The molecule has 22 heavy (non-hydrogen) atoms. The van der Waals surface area contributed by atoms with Crippen molar-refractivity contribution >= 4 is 11.9 Å². The second-order valence-electron chi connectivity index (χ2n) is 5.05. The fourth-order valence-electron chi connectivity index (χ4n) is 2.26. The van der Waals surface area contributed by atoms with Crippen molar-refractivity contribution in [3.05, 3.63) is 0 Å². The molecule has 0 spiro atoms. The summed E-state index contributed by atoms with van der Waals surface area (Å²) < 4.78 is 23.5. The van der Waals surface area contributed by atoms with Crippen LogP contribution in [0.25, 0.3) is 0 Å². The molecule has 0 aromatic carbocycles. The second-order valence-corrected chi connectivity index (χ2v) is 5.05. The van der Waals surface area contributed by atoms with Crippen LogP contribution in [0.5, 0.6) is 0 Å². The smallest absolute Gasteiger partial charge is 0.366 e. The first-order chi connectivity index (χ1) is 10.2. The van der Waals surface area contributed by atoms with E-state index in [2.05, 4.69) is 10.1 Å². The van der Waals surface area contributed by atoms with Gasteiger partial charge in [0.15, 0.2) is 6.17 Å². The number of hydrogen-bond acceptors (Lipinski definition) is 8. The summed E-state index contributed by atoms with van der Waals surface area (Å²) in [5, 5.41) is 40.5. The minimum atomic E-state index is -2.63. The molecule has 1 amide bonds. The van der Waals surface area contributed by atoms with Crippen LogP contribution in [0.4, 0.5) is 4.39 Å². The minimum Gasteiger partial charge on any atom is -0.465 e. The van der Waals surface area contributed by atoms with Gasteiger partial charge in [-0.3, -0.25) is 4.79 Å². The molecule has 1 fully saturated rings. The van der Waals surface area contributed by atoms with Crippen molar-refractivity contribution in [1.82, 2.24) is 5.32 Å². The van der Waals surface area contributed by atoms with E-state index in [0.29, 0.717) is 0 Å². The van der Waals surface area contributed by atoms with Crippen molar-refractivity contribution in [2.24, 2.45) is 0 Å². The summed E-state index contributed by atoms with van der Waals surface area (Å²) in [4.78, 5) is 22.7. The Bertz CT molecular complexity index is 422. The molecule has 6 atom stereocenters. The normalized spacial score (nSPS) is 34.6. The van der Waals surface area contributed by atoms with E-state index in [1.165, 1.54) is 0 Å². The van der Waals surface area contributed by atoms with Crippen LogP contribution < -0.4 is 5.32 Å². The molecule has 0 aromatic rings. The molecule has 1 saturated heterocycles. The van der Waals surface area contributed by atoms with E-state index in [-0.39, 0.29) is 0 Å². The average Bonchev–Trinajstić information content (AvgIpc) is 2.46. The number of nitrogens with one attached hydrogen (secondary N) is 1. The van der Waals surface area contributed by atoms with E-state index in [9.17, 15) is 29.3 Å². The maximum atomic E-state index is 14.2. The number of aliphatic hydroxyl groups is 4. The first-order valence-electron chi connectivity index (χ1n) is 6.53. The molecular formula is C12H20FNO8. The number of hydrogen-bond donors (Lipinski definition) is 5. The van der Waals surface area contributed by atoms with Gasteiger partial charge in [0, 0.05) is 13.3 Å². The number of rotatable bonds is 5. The molecule has 1 aliphatic heterocycles. The SMILES string of the molecule is COC(=O)[C@]1(O)C[C@H](O)[C@@H](NC(C)=O)[C@H]([C@H](F)[C@H](O)CO)O1. The predicted molar refractivity (Wildman–Crippen MR) is 68.1 cm³/mol. The Morgan fingerprint density at radius 3 is 2.59 bits per heavy atom. The third kappa shape index (κ3) is 3.90. The van der Waals surface area contributed by atoms with Gasteiger partial charge in [0.2, 0.25) is 5.91 Å². The number of aliphatic hydroxyl groups excluding tert-OH is 3. The lowest BCUT2D eigenvalue weighted by atomic mass is 9.89. The number of carbonyl (C=O) groups is 2. The average molecular weight is 325 g/mol. The van der Waals surface area contributed by atoms with Crippen LogP contribution in [0.3, 0.4) is 0 Å². The molecule has 5 N–H and O–H groups in total. The van der Waals surface area contributed by atoms with Crippen LogP contribution in [0, 0.1) is 0 Å². The number of alkyl halides is 1. The van der Waals surface area contributed by atoms with Crippen molar-refractivity contribution in [3.63, 3.8) is 0 Å². The van der Waals surface area contributed by atoms with Gasteiger partial charge < -0.3 is 35.2 Å². The zero-order valence-electron chi connectivity index (χ0n) is 12.1. The topological polar surface area (TPSA) is 146 Å². The fourth-order valence-corrected chi connectivity index (χ4v) is 2.26. The van der Waals surface area contributed by atoms with Crippen LogP contribution >= 0.6 is 0 Å². The van der Waals surface area contributed by atoms with Gasteiger partial charge in [-0.2, -0.15) is 0 Å². The van der Waals surface area contributed by atoms with Crippen molar-refractivity contribution in [2.75, 3.05) is 13.7 Å². The molecule has 0 radical (unpaired) electrons. The van der Waals surface area contributed by atoms with Crippen LogP contribution in [0.1, 0.15) is 13.3 Å². The zero-order valence-corrected chi connectivity index (χ0v) is 12.1. The number of esters is 1. The largest absolute Gasteiger partial charge is 0.465 e. The lowest BCUT2D eigenvalue weighted by Crippen LogP contribution is -2.66. The number of carbonyl (C=O) groups excluding carboxylic acids is 2. The third-order valence-electron chi connectivity index (χ3n) is 3.33. The molecule has 0 saturated carbocycles. The summed E-state index contributed by atoms with van der Waals surface area (Å²) in [6, 6.07) is -1.33. The Morgan fingerprint density at radius 1 is 1.55 bits per heavy atom. The van der Waals surface area contributed by atoms with Gasteiger partial charge in [-0.05, 0) is 0 Å². The molecule has 10 heteroatoms. The summed E-state index contributed by atoms with van der Waals surface area (Å²) in [5.74, 6) is -4.51. The summed E-state index contributed by atoms with van der Waals surface area (Å²) in [6.07, 6.45) is -8.17. The molecule has 0 aliphatic carbocycles. The van der Waals surface area contributed by atoms with E-state index in [1.54, 1.807) is 0 Å². The predicted octanol–water partition coefficient (Wildman–Crippen LogP) is -2.81. The summed E-state index contributed by atoms with van der Waals surface area (Å²) >= 11 is 0. The van der Waals surface area contributed by atoms with Gasteiger partial charge in [0.25, 0.3) is 5.79 Å². The summed E-state index contributed by atoms with van der Waals surface area (Å²) in [5.41, 5.74) is 0. The number of amides is 1. The minimum absolute atomic E-state index is 0.619. The lowest BCUT2D eigenvalue weighted by Gasteiger charge is -2.44. The van der Waals surface area contributed by atoms with Crippen molar-refractivity contribution in [3.8, 4) is 0 Å². The molecule has 9 nitrogen and oxygen atoms in total. The molecule has 0 bridgehead atoms. The Hall–Kier alpha value is -1.33. The molecule has 128 valence electrons. The highest BCUT2D eigenvalue weighted by atomic mass is 19.1. The monoisotopic (exact) mass is 325 g/mol. The Labute approximate surface area is 125 Å². The molecule has 1 rings (SSSR count). The van der Waals surface area contributed by atoms with E-state index >= 15 is 0 Å². The maximum Gasteiger partial charge on any atom is 0.366 e. The summed E-state index contributed by atoms with van der Waals surface area (Å²) in [7, 11) is 0.959. The second kappa shape index (κ2) is 7.29. The first kappa shape index (κ1) is 18.7. The van der Waals surface area contributed by atoms with Crippen LogP contribution in [0.15, 0.2) is 0 Å². The van der Waals surface area contributed by atoms with Gasteiger partial charge in [0.05, 0.1) is 25.9 Å². The van der Waals surface area contributed by atoms with Gasteiger partial charge in [0.1, 0.15) is 12.2 Å².